The first kappa shape index (κ1) is 14.9. The highest BCUT2D eigenvalue weighted by Crippen LogP contribution is 1.96. The number of nitrogens with one attached hydrogen (secondary N) is 2. The molecule has 0 aromatic carbocycles. The Bertz CT molecular complexity index is 227. The lowest BCUT2D eigenvalue weighted by Gasteiger charge is -2.21. The van der Waals surface area contributed by atoms with E-state index in [9.17, 15) is 19.8 Å². The van der Waals surface area contributed by atoms with Gasteiger partial charge in [0.25, 0.3) is 0 Å². The van der Waals surface area contributed by atoms with Crippen LogP contribution in [-0.4, -0.2) is 34.5 Å². The third kappa shape index (κ3) is 5.09. The first-order valence-electron chi connectivity index (χ1n) is 5.22. The number of carbonyl (C=O) groups is 2. The van der Waals surface area contributed by atoms with Crippen molar-refractivity contribution in [3.8, 4) is 0 Å². The summed E-state index contributed by atoms with van der Waals surface area (Å²) in [6.07, 6.45) is -3.00. The zero-order valence-electron chi connectivity index (χ0n) is 10.0. The van der Waals surface area contributed by atoms with Crippen LogP contribution in [0.5, 0.6) is 0 Å². The minimum Gasteiger partial charge on any atom is -0.369 e. The molecule has 0 aromatic rings. The van der Waals surface area contributed by atoms with E-state index in [-0.39, 0.29) is 11.8 Å². The molecule has 0 fully saturated rings. The van der Waals surface area contributed by atoms with E-state index in [1.807, 2.05) is 0 Å². The summed E-state index contributed by atoms with van der Waals surface area (Å²) in [7, 11) is 0. The van der Waals surface area contributed by atoms with Crippen LogP contribution in [0, 0.1) is 11.8 Å². The maximum atomic E-state index is 11.2. The second-order valence-electron chi connectivity index (χ2n) is 4.22. The first-order valence-corrected chi connectivity index (χ1v) is 5.22. The minimum absolute atomic E-state index is 0.303. The highest BCUT2D eigenvalue weighted by molar-refractivity contribution is 5.79. The van der Waals surface area contributed by atoms with E-state index in [0.29, 0.717) is 0 Å². The second kappa shape index (κ2) is 6.44. The molecule has 0 spiro atoms. The van der Waals surface area contributed by atoms with E-state index in [4.69, 9.17) is 0 Å². The smallest absolute Gasteiger partial charge is 0.224 e. The Labute approximate surface area is 95.0 Å². The van der Waals surface area contributed by atoms with Gasteiger partial charge in [0.1, 0.15) is 0 Å². The van der Waals surface area contributed by atoms with Crippen molar-refractivity contribution in [3.63, 3.8) is 0 Å². The van der Waals surface area contributed by atoms with Crippen molar-refractivity contribution < 1.29 is 19.8 Å². The van der Waals surface area contributed by atoms with E-state index in [1.165, 1.54) is 0 Å². The molecule has 0 heterocycles. The molecule has 2 atom stereocenters. The lowest BCUT2D eigenvalue weighted by Crippen LogP contribution is -2.53. The van der Waals surface area contributed by atoms with Gasteiger partial charge in [-0.05, 0) is 0 Å². The normalized spacial score (nSPS) is 14.8. The van der Waals surface area contributed by atoms with Gasteiger partial charge in [-0.25, -0.2) is 0 Å². The lowest BCUT2D eigenvalue weighted by molar-refractivity contribution is -0.136. The molecule has 0 saturated carbocycles. The molecule has 0 aliphatic heterocycles. The van der Waals surface area contributed by atoms with E-state index < -0.39 is 24.3 Å². The first-order chi connectivity index (χ1) is 7.25. The SMILES string of the molecule is CC(C)C(=O)NC(O)C(O)NC(=O)C(C)C. The maximum absolute atomic E-state index is 11.2. The predicted molar refractivity (Wildman–Crippen MR) is 58.0 cm³/mol. The Kier molecular flexibility index (Phi) is 5.98. The van der Waals surface area contributed by atoms with Gasteiger partial charge in [0.05, 0.1) is 0 Å². The summed E-state index contributed by atoms with van der Waals surface area (Å²) in [4.78, 5) is 22.4. The van der Waals surface area contributed by atoms with Crippen molar-refractivity contribution in [2.24, 2.45) is 11.8 Å². The van der Waals surface area contributed by atoms with Crippen molar-refractivity contribution in [2.75, 3.05) is 0 Å². The van der Waals surface area contributed by atoms with Crippen LogP contribution in [0.1, 0.15) is 27.7 Å². The molecule has 6 nitrogen and oxygen atoms in total. The zero-order chi connectivity index (χ0) is 12.9. The van der Waals surface area contributed by atoms with Crippen LogP contribution in [0.25, 0.3) is 0 Å². The van der Waals surface area contributed by atoms with Gasteiger partial charge in [0.2, 0.25) is 11.8 Å². The zero-order valence-corrected chi connectivity index (χ0v) is 10.0. The van der Waals surface area contributed by atoms with Crippen LogP contribution >= 0.6 is 0 Å². The second-order valence-corrected chi connectivity index (χ2v) is 4.22. The Morgan fingerprint density at radius 1 is 0.812 bits per heavy atom. The Morgan fingerprint density at radius 2 is 1.06 bits per heavy atom. The van der Waals surface area contributed by atoms with Crippen molar-refractivity contribution >= 4 is 11.8 Å². The molecule has 0 radical (unpaired) electrons. The molecule has 0 aromatic heterocycles. The maximum Gasteiger partial charge on any atom is 0.224 e. The van der Waals surface area contributed by atoms with Crippen molar-refractivity contribution in [1.82, 2.24) is 10.6 Å². The standard InChI is InChI=1S/C10H20N2O4/c1-5(2)7(13)11-9(15)10(16)12-8(14)6(3)4/h5-6,9-10,15-16H,1-4H3,(H,11,13)(H,12,14). The summed E-state index contributed by atoms with van der Waals surface area (Å²) in [5.41, 5.74) is 0. The fourth-order valence-electron chi connectivity index (χ4n) is 0.783. The Hall–Kier alpha value is -1.14. The predicted octanol–water partition coefficient (Wildman–Crippen LogP) is -0.832. The summed E-state index contributed by atoms with van der Waals surface area (Å²) in [5.74, 6) is -1.40. The summed E-state index contributed by atoms with van der Waals surface area (Å²) < 4.78 is 0. The average molecular weight is 232 g/mol. The van der Waals surface area contributed by atoms with Crippen LogP contribution in [0.4, 0.5) is 0 Å². The highest BCUT2D eigenvalue weighted by Gasteiger charge is 2.22. The molecule has 0 saturated heterocycles. The van der Waals surface area contributed by atoms with Crippen LogP contribution in [0.3, 0.4) is 0 Å². The molecule has 0 aliphatic carbocycles. The number of hydrogen-bond donors (Lipinski definition) is 4. The van der Waals surface area contributed by atoms with Gasteiger partial charge in [0.15, 0.2) is 12.5 Å². The molecule has 2 unspecified atom stereocenters. The molecule has 0 bridgehead atoms. The number of rotatable bonds is 5. The average Bonchev–Trinajstić information content (AvgIpc) is 2.16. The third-order valence-electron chi connectivity index (χ3n) is 1.93. The monoisotopic (exact) mass is 232 g/mol. The highest BCUT2D eigenvalue weighted by atomic mass is 16.4. The van der Waals surface area contributed by atoms with E-state index in [0.717, 1.165) is 0 Å². The van der Waals surface area contributed by atoms with Crippen molar-refractivity contribution in [1.29, 1.82) is 0 Å². The van der Waals surface area contributed by atoms with E-state index in [2.05, 4.69) is 10.6 Å². The quantitative estimate of drug-likeness (QED) is 0.465. The van der Waals surface area contributed by atoms with Gasteiger partial charge >= 0.3 is 0 Å². The molecular formula is C10H20N2O4. The Balaban J connectivity index is 4.14. The number of aliphatic hydroxyl groups is 2. The van der Waals surface area contributed by atoms with Gasteiger partial charge in [0, 0.05) is 11.8 Å². The van der Waals surface area contributed by atoms with Crippen molar-refractivity contribution in [3.05, 3.63) is 0 Å². The Morgan fingerprint density at radius 3 is 1.25 bits per heavy atom. The molecule has 16 heavy (non-hydrogen) atoms. The summed E-state index contributed by atoms with van der Waals surface area (Å²) in [6, 6.07) is 0. The van der Waals surface area contributed by atoms with Crippen molar-refractivity contribution in [2.45, 2.75) is 40.2 Å². The summed E-state index contributed by atoms with van der Waals surface area (Å²) >= 11 is 0. The van der Waals surface area contributed by atoms with Gasteiger partial charge in [-0.3, -0.25) is 9.59 Å². The molecule has 0 rings (SSSR count). The van der Waals surface area contributed by atoms with Crippen LogP contribution < -0.4 is 10.6 Å². The number of amides is 2. The number of hydrogen-bond acceptors (Lipinski definition) is 4. The molecule has 4 N–H and O–H groups in total. The summed E-state index contributed by atoms with van der Waals surface area (Å²) in [5, 5.41) is 23.1. The fourth-order valence-corrected chi connectivity index (χ4v) is 0.783. The van der Waals surface area contributed by atoms with Crippen LogP contribution in [0.2, 0.25) is 0 Å². The number of carbonyl (C=O) groups excluding carboxylic acids is 2. The van der Waals surface area contributed by atoms with Gasteiger partial charge in [-0.1, -0.05) is 27.7 Å². The van der Waals surface area contributed by atoms with Gasteiger partial charge in [-0.2, -0.15) is 0 Å². The molecule has 94 valence electrons. The molecule has 0 aliphatic rings. The third-order valence-corrected chi connectivity index (χ3v) is 1.93. The van der Waals surface area contributed by atoms with Gasteiger partial charge < -0.3 is 20.8 Å². The lowest BCUT2D eigenvalue weighted by atomic mass is 10.2. The molecular weight excluding hydrogens is 212 g/mol. The van der Waals surface area contributed by atoms with Gasteiger partial charge in [-0.15, -0.1) is 0 Å². The topological polar surface area (TPSA) is 98.7 Å². The molecule has 6 heteroatoms. The number of aliphatic hydroxyl groups excluding tert-OH is 2. The van der Waals surface area contributed by atoms with E-state index in [1.54, 1.807) is 27.7 Å². The molecule has 2 amide bonds. The van der Waals surface area contributed by atoms with E-state index >= 15 is 0 Å². The summed E-state index contributed by atoms with van der Waals surface area (Å²) in [6.45, 7) is 6.62. The minimum atomic E-state index is -1.50. The largest absolute Gasteiger partial charge is 0.369 e. The van der Waals surface area contributed by atoms with Crippen LogP contribution in [-0.2, 0) is 9.59 Å². The fraction of sp³-hybridized carbons (Fsp3) is 0.800. The van der Waals surface area contributed by atoms with Crippen LogP contribution in [0.15, 0.2) is 0 Å².